The van der Waals surface area contributed by atoms with Crippen LogP contribution >= 0.6 is 11.8 Å². The first-order valence-electron chi connectivity index (χ1n) is 7.31. The van der Waals surface area contributed by atoms with Crippen molar-refractivity contribution in [2.24, 2.45) is 7.05 Å². The van der Waals surface area contributed by atoms with Crippen LogP contribution in [0, 0.1) is 6.92 Å². The lowest BCUT2D eigenvalue weighted by Gasteiger charge is -2.11. The molecular formula is C16H15F3N4S. The maximum atomic E-state index is 12.9. The molecule has 0 aromatic carbocycles. The summed E-state index contributed by atoms with van der Waals surface area (Å²) < 4.78 is 40.6. The number of halogens is 3. The van der Waals surface area contributed by atoms with Crippen LogP contribution in [-0.2, 0) is 13.2 Å². The fourth-order valence-electron chi connectivity index (χ4n) is 2.43. The first-order chi connectivity index (χ1) is 11.3. The Balaban J connectivity index is 2.20. The molecule has 0 aliphatic rings. The first-order valence-corrected chi connectivity index (χ1v) is 8.30. The van der Waals surface area contributed by atoms with E-state index in [-0.39, 0.29) is 0 Å². The van der Waals surface area contributed by atoms with Gasteiger partial charge in [0.25, 0.3) is 0 Å². The molecule has 0 unspecified atom stereocenters. The largest absolute Gasteiger partial charge is 0.433 e. The zero-order chi connectivity index (χ0) is 17.5. The smallest absolute Gasteiger partial charge is 0.312 e. The van der Waals surface area contributed by atoms with Crippen molar-refractivity contribution in [2.75, 3.05) is 5.75 Å². The molecule has 24 heavy (non-hydrogen) atoms. The molecule has 0 aliphatic heterocycles. The Hall–Kier alpha value is -2.09. The van der Waals surface area contributed by atoms with Crippen LogP contribution in [0.3, 0.4) is 0 Å². The number of thioether (sulfide) groups is 1. The molecule has 0 radical (unpaired) electrons. The van der Waals surface area contributed by atoms with Crippen molar-refractivity contribution in [3.05, 3.63) is 35.7 Å². The van der Waals surface area contributed by atoms with E-state index < -0.39 is 11.9 Å². The van der Waals surface area contributed by atoms with Crippen molar-refractivity contribution in [2.45, 2.75) is 25.0 Å². The Morgan fingerprint density at radius 1 is 1.21 bits per heavy atom. The molecule has 0 saturated heterocycles. The van der Waals surface area contributed by atoms with E-state index in [1.165, 1.54) is 17.8 Å². The van der Waals surface area contributed by atoms with E-state index in [1.54, 1.807) is 17.8 Å². The molecule has 3 aromatic rings. The normalized spacial score (nSPS) is 12.1. The minimum absolute atomic E-state index is 0.322. The van der Waals surface area contributed by atoms with Gasteiger partial charge < -0.3 is 4.57 Å². The average molecular weight is 352 g/mol. The minimum Gasteiger partial charge on any atom is -0.312 e. The van der Waals surface area contributed by atoms with Gasteiger partial charge in [-0.1, -0.05) is 6.92 Å². The van der Waals surface area contributed by atoms with Gasteiger partial charge in [0.2, 0.25) is 0 Å². The van der Waals surface area contributed by atoms with Crippen LogP contribution in [0.25, 0.3) is 22.6 Å². The summed E-state index contributed by atoms with van der Waals surface area (Å²) in [5.41, 5.74) is 2.05. The lowest BCUT2D eigenvalue weighted by atomic mass is 10.2. The molecule has 3 aromatic heterocycles. The van der Waals surface area contributed by atoms with Gasteiger partial charge in [-0.25, -0.2) is 15.0 Å². The predicted octanol–water partition coefficient (Wildman–Crippen LogP) is 4.47. The minimum atomic E-state index is -4.47. The molecule has 0 aliphatic carbocycles. The molecule has 4 nitrogen and oxygen atoms in total. The molecule has 8 heteroatoms. The van der Waals surface area contributed by atoms with Gasteiger partial charge in [-0.2, -0.15) is 13.2 Å². The van der Waals surface area contributed by atoms with Crippen molar-refractivity contribution in [3.63, 3.8) is 0 Å². The molecule has 0 N–H and O–H groups in total. The van der Waals surface area contributed by atoms with Crippen molar-refractivity contribution < 1.29 is 13.2 Å². The van der Waals surface area contributed by atoms with Gasteiger partial charge >= 0.3 is 6.18 Å². The number of hydrogen-bond donors (Lipinski definition) is 0. The summed E-state index contributed by atoms with van der Waals surface area (Å²) in [7, 11) is 1.80. The lowest BCUT2D eigenvalue weighted by molar-refractivity contribution is -0.141. The SMILES string of the molecule is CCSc1nc(C(F)(F)F)ccc1-c1nc2cc(C)cnc2n1C. The fraction of sp³-hybridized carbons (Fsp3) is 0.312. The molecule has 0 saturated carbocycles. The number of rotatable bonds is 3. The third-order valence-corrected chi connectivity index (χ3v) is 4.39. The Morgan fingerprint density at radius 3 is 2.62 bits per heavy atom. The third-order valence-electron chi connectivity index (χ3n) is 3.52. The summed E-state index contributed by atoms with van der Waals surface area (Å²) in [6, 6.07) is 4.32. The number of fused-ring (bicyclic) bond motifs is 1. The number of aromatic nitrogens is 4. The van der Waals surface area contributed by atoms with Crippen LogP contribution in [0.5, 0.6) is 0 Å². The molecule has 0 amide bonds. The maximum absolute atomic E-state index is 12.9. The summed E-state index contributed by atoms with van der Waals surface area (Å²) in [6.45, 7) is 3.79. The van der Waals surface area contributed by atoms with Gasteiger partial charge in [0.1, 0.15) is 22.1 Å². The van der Waals surface area contributed by atoms with E-state index in [4.69, 9.17) is 0 Å². The standard InChI is InChI=1S/C16H15F3N4S/c1-4-24-15-10(5-6-12(22-15)16(17,18)19)13-21-11-7-9(2)8-20-14(11)23(13)3/h5-8H,4H2,1-3H3. The summed E-state index contributed by atoms with van der Waals surface area (Å²) in [5, 5.41) is 0.322. The molecule has 0 atom stereocenters. The van der Waals surface area contributed by atoms with Crippen LogP contribution in [0.15, 0.2) is 29.4 Å². The van der Waals surface area contributed by atoms with E-state index in [0.717, 1.165) is 11.6 Å². The number of pyridine rings is 2. The van der Waals surface area contributed by atoms with E-state index in [9.17, 15) is 13.2 Å². The summed E-state index contributed by atoms with van der Waals surface area (Å²) in [6.07, 6.45) is -2.73. The maximum Gasteiger partial charge on any atom is 0.433 e. The highest BCUT2D eigenvalue weighted by Gasteiger charge is 2.33. The number of aryl methyl sites for hydroxylation is 2. The lowest BCUT2D eigenvalue weighted by Crippen LogP contribution is -2.09. The van der Waals surface area contributed by atoms with E-state index in [0.29, 0.717) is 33.3 Å². The van der Waals surface area contributed by atoms with E-state index in [2.05, 4.69) is 15.0 Å². The van der Waals surface area contributed by atoms with E-state index in [1.807, 2.05) is 19.9 Å². The molecule has 0 bridgehead atoms. The summed E-state index contributed by atoms with van der Waals surface area (Å²) >= 11 is 1.26. The molecule has 3 heterocycles. The highest BCUT2D eigenvalue weighted by atomic mass is 32.2. The summed E-state index contributed by atoms with van der Waals surface area (Å²) in [4.78, 5) is 12.7. The predicted molar refractivity (Wildman–Crippen MR) is 87.9 cm³/mol. The highest BCUT2D eigenvalue weighted by molar-refractivity contribution is 7.99. The topological polar surface area (TPSA) is 43.6 Å². The zero-order valence-corrected chi connectivity index (χ0v) is 14.2. The van der Waals surface area contributed by atoms with Crippen molar-refractivity contribution in [1.82, 2.24) is 19.5 Å². The first kappa shape index (κ1) is 16.8. The van der Waals surface area contributed by atoms with Crippen molar-refractivity contribution in [3.8, 4) is 11.4 Å². The third kappa shape index (κ3) is 2.98. The highest BCUT2D eigenvalue weighted by Crippen LogP contribution is 2.35. The molecule has 0 spiro atoms. The van der Waals surface area contributed by atoms with Gasteiger partial charge in [0.05, 0.1) is 0 Å². The second-order valence-corrected chi connectivity index (χ2v) is 6.58. The zero-order valence-electron chi connectivity index (χ0n) is 13.3. The second-order valence-electron chi connectivity index (χ2n) is 5.33. The Labute approximate surface area is 141 Å². The van der Waals surface area contributed by atoms with Gasteiger partial charge in [-0.05, 0) is 36.4 Å². The van der Waals surface area contributed by atoms with Crippen LogP contribution in [0.2, 0.25) is 0 Å². The van der Waals surface area contributed by atoms with Gasteiger partial charge in [-0.15, -0.1) is 11.8 Å². The van der Waals surface area contributed by atoms with Gasteiger partial charge in [0.15, 0.2) is 5.65 Å². The number of hydrogen-bond acceptors (Lipinski definition) is 4. The number of nitrogens with zero attached hydrogens (tertiary/aromatic N) is 4. The monoisotopic (exact) mass is 352 g/mol. The quantitative estimate of drug-likeness (QED) is 0.653. The van der Waals surface area contributed by atoms with Crippen LogP contribution in [0.1, 0.15) is 18.2 Å². The fourth-order valence-corrected chi connectivity index (χ4v) is 3.18. The second kappa shape index (κ2) is 6.08. The van der Waals surface area contributed by atoms with Crippen molar-refractivity contribution >= 4 is 22.9 Å². The van der Waals surface area contributed by atoms with Crippen molar-refractivity contribution in [1.29, 1.82) is 0 Å². The Bertz CT molecular complexity index is 902. The number of alkyl halides is 3. The van der Waals surface area contributed by atoms with Crippen LogP contribution < -0.4 is 0 Å². The number of imidazole rings is 1. The van der Waals surface area contributed by atoms with Gasteiger partial charge in [0, 0.05) is 18.8 Å². The molecule has 126 valence electrons. The molecular weight excluding hydrogens is 337 g/mol. The molecule has 3 rings (SSSR count). The Kier molecular flexibility index (Phi) is 4.25. The average Bonchev–Trinajstić information content (AvgIpc) is 2.83. The molecule has 0 fully saturated rings. The Morgan fingerprint density at radius 2 is 1.96 bits per heavy atom. The van der Waals surface area contributed by atoms with E-state index >= 15 is 0 Å². The summed E-state index contributed by atoms with van der Waals surface area (Å²) in [5.74, 6) is 1.17. The van der Waals surface area contributed by atoms with Crippen LogP contribution in [0.4, 0.5) is 13.2 Å². The van der Waals surface area contributed by atoms with Gasteiger partial charge in [-0.3, -0.25) is 0 Å². The van der Waals surface area contributed by atoms with Crippen LogP contribution in [-0.4, -0.2) is 25.3 Å².